The van der Waals surface area contributed by atoms with E-state index in [4.69, 9.17) is 25.8 Å². The highest BCUT2D eigenvalue weighted by Gasteiger charge is 2.33. The maximum Gasteiger partial charge on any atom is 0.309 e. The number of carbonyl (C=O) groups excluding carboxylic acids is 2. The molecule has 0 saturated carbocycles. The minimum Gasteiger partial charge on any atom is -0.495 e. The predicted octanol–water partition coefficient (Wildman–Crippen LogP) is 2.33. The summed E-state index contributed by atoms with van der Waals surface area (Å²) in [6, 6.07) is 6.03. The van der Waals surface area contributed by atoms with Gasteiger partial charge >= 0.3 is 5.97 Å². The standard InChI is InChI=1S/C21H24ClN3O7S/c1-30-18-11-17(19(31-2)10-16(18)22)24-20(26)13-32-21(27)14-5-8-25(9-6-14)33(28,29)15-4-3-7-23-12-15/h3-4,7,10-12,14H,5-6,8-9,13H2,1-2H3,(H,24,26). The summed E-state index contributed by atoms with van der Waals surface area (Å²) in [5.74, 6) is -0.949. The Kier molecular flexibility index (Phi) is 8.11. The summed E-state index contributed by atoms with van der Waals surface area (Å²) in [7, 11) is -0.800. The van der Waals surface area contributed by atoms with Gasteiger partial charge in [-0.25, -0.2) is 8.42 Å². The van der Waals surface area contributed by atoms with Crippen molar-refractivity contribution < 1.29 is 32.2 Å². The molecule has 0 spiro atoms. The van der Waals surface area contributed by atoms with Gasteiger partial charge in [-0.1, -0.05) is 11.6 Å². The molecule has 10 nitrogen and oxygen atoms in total. The number of aromatic nitrogens is 1. The molecule has 0 unspecified atom stereocenters. The molecule has 0 aliphatic carbocycles. The number of pyridine rings is 1. The van der Waals surface area contributed by atoms with E-state index in [1.807, 2.05) is 0 Å². The van der Waals surface area contributed by atoms with Crippen molar-refractivity contribution in [3.05, 3.63) is 41.7 Å². The van der Waals surface area contributed by atoms with Crippen LogP contribution in [0, 0.1) is 5.92 Å². The highest BCUT2D eigenvalue weighted by Crippen LogP contribution is 2.35. The smallest absolute Gasteiger partial charge is 0.309 e. The van der Waals surface area contributed by atoms with Crippen molar-refractivity contribution in [1.29, 1.82) is 0 Å². The number of hydrogen-bond acceptors (Lipinski definition) is 8. The van der Waals surface area contributed by atoms with Crippen LogP contribution >= 0.6 is 11.6 Å². The third-order valence-electron chi connectivity index (χ3n) is 5.15. The van der Waals surface area contributed by atoms with E-state index in [9.17, 15) is 18.0 Å². The van der Waals surface area contributed by atoms with Gasteiger partial charge in [-0.05, 0) is 25.0 Å². The molecule has 1 aliphatic rings. The lowest BCUT2D eigenvalue weighted by Crippen LogP contribution is -2.41. The number of carbonyl (C=O) groups is 2. The van der Waals surface area contributed by atoms with E-state index in [0.717, 1.165) is 0 Å². The van der Waals surface area contributed by atoms with Crippen LogP contribution in [0.2, 0.25) is 5.02 Å². The first-order valence-electron chi connectivity index (χ1n) is 10.0. The maximum atomic E-state index is 12.7. The molecule has 12 heteroatoms. The minimum absolute atomic E-state index is 0.108. The van der Waals surface area contributed by atoms with Crippen LogP contribution < -0.4 is 14.8 Å². The number of piperidine rings is 1. The average Bonchev–Trinajstić information content (AvgIpc) is 2.83. The van der Waals surface area contributed by atoms with Crippen molar-refractivity contribution in [3.63, 3.8) is 0 Å². The minimum atomic E-state index is -3.66. The van der Waals surface area contributed by atoms with Crippen LogP contribution in [0.1, 0.15) is 12.8 Å². The summed E-state index contributed by atoms with van der Waals surface area (Å²) in [6.45, 7) is -0.156. The van der Waals surface area contributed by atoms with Gasteiger partial charge in [0.1, 0.15) is 16.4 Å². The van der Waals surface area contributed by atoms with Crippen molar-refractivity contribution in [2.75, 3.05) is 39.2 Å². The number of methoxy groups -OCH3 is 2. The number of nitrogens with zero attached hydrogens (tertiary/aromatic N) is 2. The lowest BCUT2D eigenvalue weighted by molar-refractivity contribution is -0.152. The van der Waals surface area contributed by atoms with Crippen LogP contribution in [-0.4, -0.2) is 63.5 Å². The molecule has 1 amide bonds. The fraction of sp³-hybridized carbons (Fsp3) is 0.381. The van der Waals surface area contributed by atoms with Crippen molar-refractivity contribution in [1.82, 2.24) is 9.29 Å². The predicted molar refractivity (Wildman–Crippen MR) is 120 cm³/mol. The summed E-state index contributed by atoms with van der Waals surface area (Å²) >= 11 is 6.05. The number of benzene rings is 1. The second kappa shape index (κ2) is 10.8. The molecule has 0 radical (unpaired) electrons. The SMILES string of the molecule is COc1cc(NC(=O)COC(=O)C2CCN(S(=O)(=O)c3cccnc3)CC2)c(OC)cc1Cl. The number of rotatable bonds is 8. The van der Waals surface area contributed by atoms with Crippen molar-refractivity contribution >= 4 is 39.2 Å². The maximum absolute atomic E-state index is 12.7. The van der Waals surface area contributed by atoms with E-state index < -0.39 is 34.4 Å². The molecule has 3 rings (SSSR count). The second-order valence-electron chi connectivity index (χ2n) is 7.21. The van der Waals surface area contributed by atoms with Gasteiger partial charge < -0.3 is 19.5 Å². The summed E-state index contributed by atoms with van der Waals surface area (Å²) in [5.41, 5.74) is 0.314. The van der Waals surface area contributed by atoms with Crippen LogP contribution in [0.25, 0.3) is 0 Å². The topological polar surface area (TPSA) is 124 Å². The molecule has 1 fully saturated rings. The van der Waals surface area contributed by atoms with Gasteiger partial charge in [0.2, 0.25) is 10.0 Å². The average molecular weight is 498 g/mol. The Labute approximate surface area is 196 Å². The second-order valence-corrected chi connectivity index (χ2v) is 9.56. The van der Waals surface area contributed by atoms with Crippen molar-refractivity contribution in [2.24, 2.45) is 5.92 Å². The Morgan fingerprint density at radius 3 is 2.48 bits per heavy atom. The van der Waals surface area contributed by atoms with Gasteiger partial charge in [0, 0.05) is 37.6 Å². The Morgan fingerprint density at radius 1 is 1.18 bits per heavy atom. The molecule has 1 saturated heterocycles. The van der Waals surface area contributed by atoms with E-state index in [0.29, 0.717) is 35.1 Å². The molecular weight excluding hydrogens is 474 g/mol. The molecule has 1 N–H and O–H groups in total. The monoisotopic (exact) mass is 497 g/mol. The third-order valence-corrected chi connectivity index (χ3v) is 7.33. The number of hydrogen-bond donors (Lipinski definition) is 1. The van der Waals surface area contributed by atoms with Gasteiger partial charge in [0.15, 0.2) is 6.61 Å². The zero-order valence-corrected chi connectivity index (χ0v) is 19.7. The molecule has 33 heavy (non-hydrogen) atoms. The Morgan fingerprint density at radius 2 is 1.88 bits per heavy atom. The number of anilines is 1. The fourth-order valence-corrected chi connectivity index (χ4v) is 5.04. The molecular formula is C21H24ClN3O7S. The normalized spacial score (nSPS) is 15.0. The van der Waals surface area contributed by atoms with Gasteiger partial charge in [-0.15, -0.1) is 0 Å². The number of esters is 1. The number of halogens is 1. The van der Waals surface area contributed by atoms with Gasteiger partial charge in [-0.3, -0.25) is 14.6 Å². The van der Waals surface area contributed by atoms with E-state index in [-0.39, 0.29) is 18.0 Å². The largest absolute Gasteiger partial charge is 0.495 e. The van der Waals surface area contributed by atoms with E-state index in [1.54, 1.807) is 6.07 Å². The first-order valence-corrected chi connectivity index (χ1v) is 11.9. The first-order chi connectivity index (χ1) is 15.8. The van der Waals surface area contributed by atoms with E-state index in [2.05, 4.69) is 10.3 Å². The zero-order chi connectivity index (χ0) is 24.0. The molecule has 2 aromatic rings. The van der Waals surface area contributed by atoms with Gasteiger partial charge in [0.25, 0.3) is 5.91 Å². The quantitative estimate of drug-likeness (QED) is 0.551. The number of nitrogens with one attached hydrogen (secondary N) is 1. The number of sulfonamides is 1. The van der Waals surface area contributed by atoms with E-state index in [1.165, 1.54) is 49.1 Å². The lowest BCUT2D eigenvalue weighted by Gasteiger charge is -2.29. The Balaban J connectivity index is 1.51. The van der Waals surface area contributed by atoms with Crippen molar-refractivity contribution in [3.8, 4) is 11.5 Å². The molecule has 2 heterocycles. The number of ether oxygens (including phenoxy) is 3. The highest BCUT2D eigenvalue weighted by atomic mass is 35.5. The van der Waals surface area contributed by atoms with Gasteiger partial charge in [-0.2, -0.15) is 4.31 Å². The first kappa shape index (κ1) is 24.7. The number of amides is 1. The molecule has 1 aromatic heterocycles. The Hall–Kier alpha value is -2.89. The fourth-order valence-electron chi connectivity index (χ4n) is 3.38. The zero-order valence-electron chi connectivity index (χ0n) is 18.1. The van der Waals surface area contributed by atoms with Crippen LogP contribution in [0.3, 0.4) is 0 Å². The van der Waals surface area contributed by atoms with Crippen LogP contribution in [-0.2, 0) is 24.3 Å². The summed E-state index contributed by atoms with van der Waals surface area (Å²) < 4.78 is 42.1. The van der Waals surface area contributed by atoms with Crippen LogP contribution in [0.15, 0.2) is 41.6 Å². The van der Waals surface area contributed by atoms with Gasteiger partial charge in [0.05, 0.1) is 30.8 Å². The molecule has 178 valence electrons. The summed E-state index contributed by atoms with van der Waals surface area (Å²) in [5, 5.41) is 2.91. The third kappa shape index (κ3) is 5.92. The Bertz CT molecular complexity index is 1100. The molecule has 1 aliphatic heterocycles. The summed E-state index contributed by atoms with van der Waals surface area (Å²) in [6.07, 6.45) is 3.38. The van der Waals surface area contributed by atoms with Crippen molar-refractivity contribution in [2.45, 2.75) is 17.7 Å². The molecule has 0 bridgehead atoms. The molecule has 1 aromatic carbocycles. The van der Waals surface area contributed by atoms with Crippen LogP contribution in [0.4, 0.5) is 5.69 Å². The lowest BCUT2D eigenvalue weighted by atomic mass is 9.98. The van der Waals surface area contributed by atoms with Crippen LogP contribution in [0.5, 0.6) is 11.5 Å². The highest BCUT2D eigenvalue weighted by molar-refractivity contribution is 7.89. The molecule has 0 atom stereocenters. The summed E-state index contributed by atoms with van der Waals surface area (Å²) in [4.78, 5) is 28.6. The van der Waals surface area contributed by atoms with E-state index >= 15 is 0 Å².